The molecule has 0 aliphatic carbocycles. The lowest BCUT2D eigenvalue weighted by molar-refractivity contribution is 0.0992. The summed E-state index contributed by atoms with van der Waals surface area (Å²) in [5.74, 6) is -0.706. The third-order valence-electron chi connectivity index (χ3n) is 2.19. The number of hydrogen-bond acceptors (Lipinski definition) is 3. The average molecular weight is 271 g/mol. The molecule has 1 aromatic carbocycles. The fourth-order valence-electron chi connectivity index (χ4n) is 1.34. The van der Waals surface area contributed by atoms with Gasteiger partial charge in [0.15, 0.2) is 5.01 Å². The monoisotopic (exact) mass is 270 g/mol. The van der Waals surface area contributed by atoms with Crippen LogP contribution in [-0.2, 0) is 0 Å². The fraction of sp³-hybridized carbons (Fsp3) is 0.0909. The molecule has 1 heterocycles. The second-order valence-electron chi connectivity index (χ2n) is 3.30. The van der Waals surface area contributed by atoms with Gasteiger partial charge < -0.3 is 4.90 Å². The van der Waals surface area contributed by atoms with E-state index in [0.29, 0.717) is 10.7 Å². The van der Waals surface area contributed by atoms with Crippen molar-refractivity contribution in [2.75, 3.05) is 11.9 Å². The van der Waals surface area contributed by atoms with E-state index in [-0.39, 0.29) is 10.9 Å². The molecule has 0 spiro atoms. The lowest BCUT2D eigenvalue weighted by atomic mass is 10.3. The van der Waals surface area contributed by atoms with Crippen LogP contribution in [-0.4, -0.2) is 17.9 Å². The van der Waals surface area contributed by atoms with Gasteiger partial charge in [-0.3, -0.25) is 4.79 Å². The minimum Gasteiger partial charge on any atom is -0.308 e. The van der Waals surface area contributed by atoms with Gasteiger partial charge in [0.05, 0.1) is 10.7 Å². The topological polar surface area (TPSA) is 33.2 Å². The third-order valence-corrected chi connectivity index (χ3v) is 3.25. The van der Waals surface area contributed by atoms with Crippen molar-refractivity contribution in [1.82, 2.24) is 4.98 Å². The van der Waals surface area contributed by atoms with E-state index in [4.69, 9.17) is 11.6 Å². The summed E-state index contributed by atoms with van der Waals surface area (Å²) >= 11 is 7.12. The van der Waals surface area contributed by atoms with Crippen LogP contribution in [0.25, 0.3) is 0 Å². The number of halogens is 2. The molecule has 1 aromatic heterocycles. The smallest absolute Gasteiger partial charge is 0.287 e. The van der Waals surface area contributed by atoms with E-state index in [1.54, 1.807) is 18.6 Å². The molecule has 0 saturated heterocycles. The van der Waals surface area contributed by atoms with Gasteiger partial charge in [0.1, 0.15) is 5.82 Å². The van der Waals surface area contributed by atoms with Gasteiger partial charge in [0, 0.05) is 18.6 Å². The third kappa shape index (κ3) is 2.45. The molecule has 0 saturated carbocycles. The zero-order chi connectivity index (χ0) is 12.4. The highest BCUT2D eigenvalue weighted by molar-refractivity contribution is 7.11. The lowest BCUT2D eigenvalue weighted by Gasteiger charge is -2.17. The molecule has 1 amide bonds. The van der Waals surface area contributed by atoms with Crippen LogP contribution in [0.5, 0.6) is 0 Å². The highest BCUT2D eigenvalue weighted by Gasteiger charge is 2.18. The normalized spacial score (nSPS) is 10.3. The Morgan fingerprint density at radius 1 is 1.53 bits per heavy atom. The maximum absolute atomic E-state index is 12.9. The van der Waals surface area contributed by atoms with Crippen LogP contribution < -0.4 is 4.90 Å². The number of anilines is 1. The fourth-order valence-corrected chi connectivity index (χ4v) is 2.24. The molecule has 0 fully saturated rings. The minimum atomic E-state index is -0.436. The molecule has 17 heavy (non-hydrogen) atoms. The Hall–Kier alpha value is -1.46. The Labute approximate surface area is 106 Å². The predicted molar refractivity (Wildman–Crippen MR) is 66.3 cm³/mol. The van der Waals surface area contributed by atoms with Gasteiger partial charge in [-0.1, -0.05) is 11.6 Å². The summed E-state index contributed by atoms with van der Waals surface area (Å²) in [6, 6.07) is 3.89. The summed E-state index contributed by atoms with van der Waals surface area (Å²) in [5.41, 5.74) is 0.452. The number of benzene rings is 1. The molecule has 88 valence electrons. The predicted octanol–water partition coefficient (Wildman–Crippen LogP) is 3.21. The van der Waals surface area contributed by atoms with Crippen molar-refractivity contribution < 1.29 is 9.18 Å². The molecule has 3 nitrogen and oxygen atoms in total. The van der Waals surface area contributed by atoms with Crippen molar-refractivity contribution in [2.45, 2.75) is 0 Å². The molecular weight excluding hydrogens is 263 g/mol. The molecule has 2 rings (SSSR count). The average Bonchev–Trinajstić information content (AvgIpc) is 2.80. The number of nitrogens with zero attached hydrogens (tertiary/aromatic N) is 2. The summed E-state index contributed by atoms with van der Waals surface area (Å²) in [7, 11) is 1.57. The van der Waals surface area contributed by atoms with Gasteiger partial charge in [-0.05, 0) is 18.2 Å². The van der Waals surface area contributed by atoms with Crippen LogP contribution in [0, 0.1) is 5.82 Å². The largest absolute Gasteiger partial charge is 0.308 e. The molecular formula is C11H8ClFN2OS. The molecule has 6 heteroatoms. The highest BCUT2D eigenvalue weighted by Crippen LogP contribution is 2.26. The summed E-state index contributed by atoms with van der Waals surface area (Å²) in [6.45, 7) is 0. The maximum Gasteiger partial charge on any atom is 0.287 e. The minimum absolute atomic E-state index is 0.192. The number of carbonyl (C=O) groups is 1. The second kappa shape index (κ2) is 4.81. The second-order valence-corrected chi connectivity index (χ2v) is 4.60. The van der Waals surface area contributed by atoms with Gasteiger partial charge >= 0.3 is 0 Å². The van der Waals surface area contributed by atoms with E-state index in [2.05, 4.69) is 4.98 Å². The summed E-state index contributed by atoms with van der Waals surface area (Å²) < 4.78 is 12.9. The number of amides is 1. The Morgan fingerprint density at radius 2 is 2.29 bits per heavy atom. The zero-order valence-corrected chi connectivity index (χ0v) is 10.4. The number of hydrogen-bond donors (Lipinski definition) is 0. The van der Waals surface area contributed by atoms with Crippen molar-refractivity contribution >= 4 is 34.5 Å². The molecule has 0 bridgehead atoms. The molecule has 0 aliphatic heterocycles. The molecule has 0 radical (unpaired) electrons. The van der Waals surface area contributed by atoms with E-state index >= 15 is 0 Å². The van der Waals surface area contributed by atoms with Crippen LogP contribution in [0.4, 0.5) is 10.1 Å². The SMILES string of the molecule is CN(C(=O)c1nccs1)c1ccc(F)cc1Cl. The van der Waals surface area contributed by atoms with E-state index in [0.717, 1.165) is 0 Å². The molecule has 2 aromatic rings. The molecule has 0 N–H and O–H groups in total. The molecule has 0 unspecified atom stereocenters. The van der Waals surface area contributed by atoms with Crippen molar-refractivity contribution in [3.05, 3.63) is 45.6 Å². The van der Waals surface area contributed by atoms with Gasteiger partial charge in [0.2, 0.25) is 0 Å². The van der Waals surface area contributed by atoms with Gasteiger partial charge in [-0.15, -0.1) is 11.3 Å². The van der Waals surface area contributed by atoms with Crippen molar-refractivity contribution in [3.8, 4) is 0 Å². The number of carbonyl (C=O) groups excluding carboxylic acids is 1. The standard InChI is InChI=1S/C11H8ClFN2OS/c1-15(11(16)10-14-4-5-17-10)9-3-2-7(13)6-8(9)12/h2-6H,1H3. The van der Waals surface area contributed by atoms with Crippen LogP contribution in [0.15, 0.2) is 29.8 Å². The lowest BCUT2D eigenvalue weighted by Crippen LogP contribution is -2.26. The Bertz CT molecular complexity index is 544. The zero-order valence-electron chi connectivity index (χ0n) is 8.85. The Morgan fingerprint density at radius 3 is 2.88 bits per heavy atom. The first-order valence-electron chi connectivity index (χ1n) is 4.72. The van der Waals surface area contributed by atoms with Crippen molar-refractivity contribution in [2.24, 2.45) is 0 Å². The Kier molecular flexibility index (Phi) is 3.40. The highest BCUT2D eigenvalue weighted by atomic mass is 35.5. The summed E-state index contributed by atoms with van der Waals surface area (Å²) in [6.07, 6.45) is 1.55. The molecule has 0 aliphatic rings. The Balaban J connectivity index is 2.31. The van der Waals surface area contributed by atoms with Crippen LogP contribution in [0.3, 0.4) is 0 Å². The van der Waals surface area contributed by atoms with Gasteiger partial charge in [0.25, 0.3) is 5.91 Å². The van der Waals surface area contributed by atoms with E-state index in [9.17, 15) is 9.18 Å². The van der Waals surface area contributed by atoms with Crippen molar-refractivity contribution in [3.63, 3.8) is 0 Å². The van der Waals surface area contributed by atoms with Crippen LogP contribution in [0.2, 0.25) is 5.02 Å². The maximum atomic E-state index is 12.9. The van der Waals surface area contributed by atoms with Crippen LogP contribution >= 0.6 is 22.9 Å². The van der Waals surface area contributed by atoms with E-state index < -0.39 is 5.82 Å². The summed E-state index contributed by atoms with van der Waals surface area (Å²) in [4.78, 5) is 17.2. The quantitative estimate of drug-likeness (QED) is 0.839. The van der Waals surface area contributed by atoms with Crippen molar-refractivity contribution in [1.29, 1.82) is 0 Å². The summed E-state index contributed by atoms with van der Waals surface area (Å²) in [5, 5.41) is 2.28. The van der Waals surface area contributed by atoms with E-state index in [1.807, 2.05) is 0 Å². The van der Waals surface area contributed by atoms with E-state index in [1.165, 1.54) is 34.4 Å². The first-order valence-corrected chi connectivity index (χ1v) is 5.98. The number of rotatable bonds is 2. The number of aromatic nitrogens is 1. The van der Waals surface area contributed by atoms with Crippen LogP contribution in [0.1, 0.15) is 9.80 Å². The number of thiazole rings is 1. The van der Waals surface area contributed by atoms with Gasteiger partial charge in [-0.2, -0.15) is 0 Å². The first kappa shape index (κ1) is 12.0. The first-order chi connectivity index (χ1) is 8.09. The van der Waals surface area contributed by atoms with Gasteiger partial charge in [-0.25, -0.2) is 9.37 Å². The molecule has 0 atom stereocenters.